The fourth-order valence-corrected chi connectivity index (χ4v) is 1.89. The van der Waals surface area contributed by atoms with Gasteiger partial charge in [0.1, 0.15) is 0 Å². The Kier molecular flexibility index (Phi) is 2.06. The standard InChI is InChI=1S/C11H19NO/c1-8-7-11(5,6)9(13)12(8)10(2,3)4/h1,7H2,2-6H3. The van der Waals surface area contributed by atoms with Gasteiger partial charge in [0.2, 0.25) is 5.91 Å². The molecule has 0 aromatic heterocycles. The molecule has 0 bridgehead atoms. The van der Waals surface area contributed by atoms with E-state index in [0.717, 1.165) is 12.1 Å². The summed E-state index contributed by atoms with van der Waals surface area (Å²) in [5.41, 5.74) is 0.550. The van der Waals surface area contributed by atoms with Gasteiger partial charge in [-0.3, -0.25) is 4.79 Å². The van der Waals surface area contributed by atoms with Gasteiger partial charge in [0.15, 0.2) is 0 Å². The Balaban J connectivity index is 3.03. The van der Waals surface area contributed by atoms with Crippen LogP contribution in [0, 0.1) is 5.41 Å². The quantitative estimate of drug-likeness (QED) is 0.562. The zero-order chi connectivity index (χ0) is 10.4. The molecule has 1 saturated heterocycles. The maximum atomic E-state index is 11.9. The van der Waals surface area contributed by atoms with E-state index in [4.69, 9.17) is 0 Å². The summed E-state index contributed by atoms with van der Waals surface area (Å²) in [6.45, 7) is 14.0. The minimum Gasteiger partial charge on any atom is -0.311 e. The number of rotatable bonds is 0. The molecule has 13 heavy (non-hydrogen) atoms. The second-order valence-corrected chi connectivity index (χ2v) is 5.44. The fourth-order valence-electron chi connectivity index (χ4n) is 1.89. The van der Waals surface area contributed by atoms with E-state index >= 15 is 0 Å². The lowest BCUT2D eigenvalue weighted by atomic mass is 9.91. The lowest BCUT2D eigenvalue weighted by Crippen LogP contribution is -2.43. The van der Waals surface area contributed by atoms with Crippen molar-refractivity contribution in [1.82, 2.24) is 4.90 Å². The normalized spacial score (nSPS) is 22.7. The number of carbonyl (C=O) groups is 1. The molecule has 1 fully saturated rings. The number of hydrogen-bond donors (Lipinski definition) is 0. The summed E-state index contributed by atoms with van der Waals surface area (Å²) >= 11 is 0. The first-order chi connectivity index (χ1) is 5.66. The molecule has 2 nitrogen and oxygen atoms in total. The van der Waals surface area contributed by atoms with Crippen molar-refractivity contribution >= 4 is 5.91 Å². The van der Waals surface area contributed by atoms with Crippen LogP contribution < -0.4 is 0 Å². The van der Waals surface area contributed by atoms with E-state index < -0.39 is 0 Å². The number of allylic oxidation sites excluding steroid dienone is 1. The highest BCUT2D eigenvalue weighted by Gasteiger charge is 2.45. The van der Waals surface area contributed by atoms with Gasteiger partial charge < -0.3 is 4.90 Å². The smallest absolute Gasteiger partial charge is 0.233 e. The first-order valence-electron chi connectivity index (χ1n) is 4.69. The molecule has 0 atom stereocenters. The van der Waals surface area contributed by atoms with Gasteiger partial charge in [-0.25, -0.2) is 0 Å². The van der Waals surface area contributed by atoms with E-state index in [0.29, 0.717) is 0 Å². The molecule has 0 aromatic carbocycles. The van der Waals surface area contributed by atoms with E-state index in [1.807, 2.05) is 39.5 Å². The van der Waals surface area contributed by atoms with Crippen molar-refractivity contribution in [1.29, 1.82) is 0 Å². The van der Waals surface area contributed by atoms with Crippen LogP contribution in [0.3, 0.4) is 0 Å². The zero-order valence-corrected chi connectivity index (χ0v) is 9.27. The van der Waals surface area contributed by atoms with Crippen LogP contribution in [0.1, 0.15) is 41.0 Å². The SMILES string of the molecule is C=C1CC(C)(C)C(=O)N1C(C)(C)C. The summed E-state index contributed by atoms with van der Waals surface area (Å²) in [6.07, 6.45) is 0.781. The third-order valence-corrected chi connectivity index (χ3v) is 2.42. The monoisotopic (exact) mass is 181 g/mol. The van der Waals surface area contributed by atoms with Gasteiger partial charge in [0, 0.05) is 23.1 Å². The fraction of sp³-hybridized carbons (Fsp3) is 0.727. The molecule has 0 saturated carbocycles. The summed E-state index contributed by atoms with van der Waals surface area (Å²) in [6, 6.07) is 0. The predicted octanol–water partition coefficient (Wildman–Crippen LogP) is 2.56. The number of nitrogens with zero attached hydrogens (tertiary/aromatic N) is 1. The van der Waals surface area contributed by atoms with Gasteiger partial charge in [-0.05, 0) is 20.8 Å². The maximum Gasteiger partial charge on any atom is 0.233 e. The molecule has 1 aliphatic rings. The van der Waals surface area contributed by atoms with E-state index in [9.17, 15) is 4.79 Å². The van der Waals surface area contributed by atoms with E-state index in [2.05, 4.69) is 6.58 Å². The Labute approximate surface area is 80.6 Å². The van der Waals surface area contributed by atoms with Crippen molar-refractivity contribution in [2.24, 2.45) is 5.41 Å². The highest BCUT2D eigenvalue weighted by atomic mass is 16.2. The molecule has 0 aliphatic carbocycles. The summed E-state index contributed by atoms with van der Waals surface area (Å²) < 4.78 is 0. The molecule has 74 valence electrons. The Morgan fingerprint density at radius 2 is 1.85 bits per heavy atom. The molecule has 1 rings (SSSR count). The van der Waals surface area contributed by atoms with Gasteiger partial charge in [0.05, 0.1) is 0 Å². The third-order valence-electron chi connectivity index (χ3n) is 2.42. The summed E-state index contributed by atoms with van der Waals surface area (Å²) in [7, 11) is 0. The van der Waals surface area contributed by atoms with Gasteiger partial charge in [0.25, 0.3) is 0 Å². The van der Waals surface area contributed by atoms with Crippen LogP contribution in [0.25, 0.3) is 0 Å². The predicted molar refractivity (Wildman–Crippen MR) is 54.1 cm³/mol. The van der Waals surface area contributed by atoms with Crippen LogP contribution in [0.2, 0.25) is 0 Å². The third kappa shape index (κ3) is 1.62. The average molecular weight is 181 g/mol. The summed E-state index contributed by atoms with van der Waals surface area (Å²) in [5.74, 6) is 0.199. The van der Waals surface area contributed by atoms with Gasteiger partial charge in [-0.15, -0.1) is 0 Å². The molecule has 0 N–H and O–H groups in total. The van der Waals surface area contributed by atoms with Crippen LogP contribution in [-0.2, 0) is 4.79 Å². The van der Waals surface area contributed by atoms with Gasteiger partial charge in [-0.1, -0.05) is 20.4 Å². The lowest BCUT2D eigenvalue weighted by molar-refractivity contribution is -0.137. The second-order valence-electron chi connectivity index (χ2n) is 5.44. The van der Waals surface area contributed by atoms with Crippen LogP contribution in [-0.4, -0.2) is 16.3 Å². The first-order valence-corrected chi connectivity index (χ1v) is 4.69. The van der Waals surface area contributed by atoms with Gasteiger partial charge >= 0.3 is 0 Å². The maximum absolute atomic E-state index is 11.9. The van der Waals surface area contributed by atoms with Crippen molar-refractivity contribution in [3.05, 3.63) is 12.3 Å². The van der Waals surface area contributed by atoms with Crippen molar-refractivity contribution < 1.29 is 4.79 Å². The minimum absolute atomic E-state index is 0.137. The first kappa shape index (κ1) is 10.3. The number of carbonyl (C=O) groups excluding carboxylic acids is 1. The molecule has 1 amide bonds. The van der Waals surface area contributed by atoms with Crippen molar-refractivity contribution in [3.8, 4) is 0 Å². The molecule has 1 aliphatic heterocycles. The topological polar surface area (TPSA) is 20.3 Å². The number of hydrogen-bond acceptors (Lipinski definition) is 1. The Bertz CT molecular complexity index is 258. The van der Waals surface area contributed by atoms with Crippen LogP contribution in [0.4, 0.5) is 0 Å². The Morgan fingerprint density at radius 1 is 1.38 bits per heavy atom. The summed E-state index contributed by atoms with van der Waals surface area (Å²) in [5, 5.41) is 0. The highest BCUT2D eigenvalue weighted by Crippen LogP contribution is 2.40. The van der Waals surface area contributed by atoms with Gasteiger partial charge in [-0.2, -0.15) is 0 Å². The van der Waals surface area contributed by atoms with Crippen LogP contribution >= 0.6 is 0 Å². The largest absolute Gasteiger partial charge is 0.311 e. The Hall–Kier alpha value is -0.790. The molecule has 0 aromatic rings. The second kappa shape index (κ2) is 2.60. The molecule has 0 radical (unpaired) electrons. The molecular weight excluding hydrogens is 162 g/mol. The lowest BCUT2D eigenvalue weighted by Gasteiger charge is -2.33. The van der Waals surface area contributed by atoms with Crippen molar-refractivity contribution in [3.63, 3.8) is 0 Å². The van der Waals surface area contributed by atoms with E-state index in [1.54, 1.807) is 0 Å². The number of amides is 1. The zero-order valence-electron chi connectivity index (χ0n) is 9.27. The van der Waals surface area contributed by atoms with Crippen molar-refractivity contribution in [2.75, 3.05) is 0 Å². The van der Waals surface area contributed by atoms with Crippen LogP contribution in [0.5, 0.6) is 0 Å². The van der Waals surface area contributed by atoms with Crippen molar-refractivity contribution in [2.45, 2.75) is 46.6 Å². The van der Waals surface area contributed by atoms with E-state index in [1.165, 1.54) is 0 Å². The number of likely N-dealkylation sites (tertiary alicyclic amines) is 1. The minimum atomic E-state index is -0.260. The Morgan fingerprint density at radius 3 is 2.00 bits per heavy atom. The molecule has 1 heterocycles. The average Bonchev–Trinajstić information content (AvgIpc) is 1.99. The summed E-state index contributed by atoms with van der Waals surface area (Å²) in [4.78, 5) is 13.8. The molecular formula is C11H19NO. The van der Waals surface area contributed by atoms with Crippen LogP contribution in [0.15, 0.2) is 12.3 Å². The molecule has 0 unspecified atom stereocenters. The highest BCUT2D eigenvalue weighted by molar-refractivity contribution is 5.87. The van der Waals surface area contributed by atoms with E-state index in [-0.39, 0.29) is 16.9 Å². The molecule has 0 spiro atoms. The molecule has 2 heteroatoms.